The number of piperazine rings is 1. The molecule has 224 valence electrons. The lowest BCUT2D eigenvalue weighted by Crippen LogP contribution is -2.43. The van der Waals surface area contributed by atoms with E-state index in [1.807, 2.05) is 19.3 Å². The maximum absolute atomic E-state index is 13.5. The van der Waals surface area contributed by atoms with Crippen molar-refractivity contribution in [1.29, 1.82) is 0 Å². The number of nitrogens with one attached hydrogen (secondary N) is 1. The van der Waals surface area contributed by atoms with Gasteiger partial charge in [0.15, 0.2) is 11.4 Å². The molecular weight excluding hydrogens is 545 g/mol. The third-order valence-corrected chi connectivity index (χ3v) is 8.53. The maximum Gasteiger partial charge on any atom is 0.436 e. The Morgan fingerprint density at radius 1 is 0.976 bits per heavy atom. The van der Waals surface area contributed by atoms with E-state index >= 15 is 0 Å². The minimum Gasteiger partial charge on any atom is -0.486 e. The molecule has 0 radical (unpaired) electrons. The standard InChI is InChI=1S/C30H37F3N8O/c1-34-27-16-25-24(17-35-27)28(21-6-4-20(5-7-21)19-40-14-12-38(2)13-15-40)37-41(25)22-8-10-23(11-9-22)42-26-18-36-39(3)29(26)30(31,32)33/h4-7,16-18,22-23H,8-15,19H2,1-3H3,(H,34,35). The van der Waals surface area contributed by atoms with Gasteiger partial charge in [0.25, 0.3) is 0 Å². The summed E-state index contributed by atoms with van der Waals surface area (Å²) in [4.78, 5) is 9.41. The minimum atomic E-state index is -4.52. The zero-order valence-electron chi connectivity index (χ0n) is 24.2. The molecule has 42 heavy (non-hydrogen) atoms. The highest BCUT2D eigenvalue weighted by atomic mass is 19.4. The molecule has 0 unspecified atom stereocenters. The highest BCUT2D eigenvalue weighted by Crippen LogP contribution is 2.39. The summed E-state index contributed by atoms with van der Waals surface area (Å²) in [6, 6.07) is 10.8. The molecule has 1 N–H and O–H groups in total. The van der Waals surface area contributed by atoms with Gasteiger partial charge in [-0.2, -0.15) is 23.4 Å². The molecule has 4 aromatic rings. The van der Waals surface area contributed by atoms with Crippen LogP contribution in [0.15, 0.2) is 42.7 Å². The molecule has 6 rings (SSSR count). The molecule has 1 aromatic carbocycles. The quantitative estimate of drug-likeness (QED) is 0.321. The summed E-state index contributed by atoms with van der Waals surface area (Å²) in [5.74, 6) is 0.548. The van der Waals surface area contributed by atoms with Crippen LogP contribution in [0.2, 0.25) is 0 Å². The lowest BCUT2D eigenvalue weighted by molar-refractivity contribution is -0.145. The van der Waals surface area contributed by atoms with E-state index in [2.05, 4.69) is 61.2 Å². The molecule has 0 spiro atoms. The number of benzene rings is 1. The second kappa shape index (κ2) is 11.6. The Hall–Kier alpha value is -3.64. The number of hydrogen-bond donors (Lipinski definition) is 1. The van der Waals surface area contributed by atoms with Crippen molar-refractivity contribution in [2.45, 2.75) is 50.6 Å². The van der Waals surface area contributed by atoms with Gasteiger partial charge in [0, 0.05) is 70.0 Å². The molecule has 1 aliphatic carbocycles. The van der Waals surface area contributed by atoms with Gasteiger partial charge in [0.05, 0.1) is 23.9 Å². The van der Waals surface area contributed by atoms with Crippen LogP contribution in [-0.4, -0.2) is 80.7 Å². The SMILES string of the molecule is CNc1cc2c(cn1)c(-c1ccc(CN3CCN(C)CC3)cc1)nn2C1CCC(Oc2cnn(C)c2C(F)(F)F)CC1. The first kappa shape index (κ1) is 28.5. The van der Waals surface area contributed by atoms with E-state index in [0.29, 0.717) is 12.8 Å². The van der Waals surface area contributed by atoms with Gasteiger partial charge in [-0.05, 0) is 38.3 Å². The third-order valence-electron chi connectivity index (χ3n) is 8.53. The fourth-order valence-electron chi connectivity index (χ4n) is 6.11. The van der Waals surface area contributed by atoms with Gasteiger partial charge in [-0.1, -0.05) is 24.3 Å². The first-order valence-corrected chi connectivity index (χ1v) is 14.5. The summed E-state index contributed by atoms with van der Waals surface area (Å²) < 4.78 is 49.2. The second-order valence-corrected chi connectivity index (χ2v) is 11.4. The molecule has 1 aliphatic heterocycles. The van der Waals surface area contributed by atoms with Crippen molar-refractivity contribution < 1.29 is 17.9 Å². The number of anilines is 1. The number of fused-ring (bicyclic) bond motifs is 1. The summed E-state index contributed by atoms with van der Waals surface area (Å²) in [5, 5.41) is 13.0. The number of aromatic nitrogens is 5. The van der Waals surface area contributed by atoms with Gasteiger partial charge >= 0.3 is 6.18 Å². The molecule has 2 aliphatic rings. The van der Waals surface area contributed by atoms with Crippen LogP contribution in [0.3, 0.4) is 0 Å². The zero-order chi connectivity index (χ0) is 29.4. The molecule has 0 bridgehead atoms. The lowest BCUT2D eigenvalue weighted by Gasteiger charge is -2.32. The fourth-order valence-corrected chi connectivity index (χ4v) is 6.11. The molecular formula is C30H37F3N8O. The Morgan fingerprint density at radius 2 is 1.69 bits per heavy atom. The predicted molar refractivity (Wildman–Crippen MR) is 155 cm³/mol. The summed E-state index contributed by atoms with van der Waals surface area (Å²) >= 11 is 0. The second-order valence-electron chi connectivity index (χ2n) is 11.4. The highest BCUT2D eigenvalue weighted by Gasteiger charge is 2.39. The molecule has 9 nitrogen and oxygen atoms in total. The van der Waals surface area contributed by atoms with E-state index in [1.165, 1.54) is 12.6 Å². The van der Waals surface area contributed by atoms with Crippen LogP contribution in [0.25, 0.3) is 22.2 Å². The summed E-state index contributed by atoms with van der Waals surface area (Å²) in [7, 11) is 5.28. The lowest BCUT2D eigenvalue weighted by atomic mass is 9.93. The average molecular weight is 583 g/mol. The van der Waals surface area contributed by atoms with E-state index in [0.717, 1.165) is 84.4 Å². The van der Waals surface area contributed by atoms with Crippen LogP contribution >= 0.6 is 0 Å². The molecule has 3 aromatic heterocycles. The van der Waals surface area contributed by atoms with E-state index < -0.39 is 11.9 Å². The van der Waals surface area contributed by atoms with E-state index in [9.17, 15) is 13.2 Å². The first-order chi connectivity index (χ1) is 20.2. The van der Waals surface area contributed by atoms with Gasteiger partial charge in [0.1, 0.15) is 11.5 Å². The largest absolute Gasteiger partial charge is 0.486 e. The number of nitrogens with zero attached hydrogens (tertiary/aromatic N) is 7. The molecule has 1 saturated carbocycles. The summed E-state index contributed by atoms with van der Waals surface area (Å²) in [5.41, 5.74) is 3.34. The number of halogens is 3. The predicted octanol–water partition coefficient (Wildman–Crippen LogP) is 5.20. The monoisotopic (exact) mass is 582 g/mol. The van der Waals surface area contributed by atoms with Crippen LogP contribution in [-0.2, 0) is 19.8 Å². The molecule has 0 amide bonds. The normalized spacial score (nSPS) is 20.7. The Labute approximate surface area is 243 Å². The fraction of sp³-hybridized carbons (Fsp3) is 0.500. The number of rotatable bonds is 7. The van der Waals surface area contributed by atoms with Crippen molar-refractivity contribution in [1.82, 2.24) is 34.3 Å². The molecule has 12 heteroatoms. The molecule has 2 fully saturated rings. The Kier molecular flexibility index (Phi) is 7.84. The molecule has 4 heterocycles. The Balaban J connectivity index is 1.20. The zero-order valence-corrected chi connectivity index (χ0v) is 24.2. The number of likely N-dealkylation sites (N-methyl/N-ethyl adjacent to an activating group) is 1. The number of ether oxygens (including phenoxy) is 1. The molecule has 1 saturated heterocycles. The number of alkyl halides is 3. The van der Waals surface area contributed by atoms with Crippen molar-refractivity contribution in [3.63, 3.8) is 0 Å². The number of aryl methyl sites for hydroxylation is 1. The Bertz CT molecular complexity index is 1510. The van der Waals surface area contributed by atoms with Crippen LogP contribution in [0.1, 0.15) is 43.0 Å². The van der Waals surface area contributed by atoms with E-state index in [4.69, 9.17) is 9.84 Å². The smallest absolute Gasteiger partial charge is 0.436 e. The van der Waals surface area contributed by atoms with E-state index in [1.54, 1.807) is 0 Å². The van der Waals surface area contributed by atoms with Gasteiger partial charge in [0.2, 0.25) is 0 Å². The van der Waals surface area contributed by atoms with Gasteiger partial charge < -0.3 is 15.0 Å². The van der Waals surface area contributed by atoms with Gasteiger partial charge in [-0.25, -0.2) is 4.98 Å². The van der Waals surface area contributed by atoms with Gasteiger partial charge in [-0.15, -0.1) is 0 Å². The molecule has 0 atom stereocenters. The minimum absolute atomic E-state index is 0.0979. The van der Waals surface area contributed by atoms with Crippen LogP contribution in [0.5, 0.6) is 5.75 Å². The van der Waals surface area contributed by atoms with Crippen molar-refractivity contribution >= 4 is 16.7 Å². The Morgan fingerprint density at radius 3 is 2.36 bits per heavy atom. The van der Waals surface area contributed by atoms with Crippen molar-refractivity contribution in [3.8, 4) is 17.0 Å². The number of hydrogen-bond acceptors (Lipinski definition) is 7. The van der Waals surface area contributed by atoms with Crippen LogP contribution in [0, 0.1) is 0 Å². The third kappa shape index (κ3) is 5.82. The summed E-state index contributed by atoms with van der Waals surface area (Å²) in [6.45, 7) is 5.27. The van der Waals surface area contributed by atoms with E-state index in [-0.39, 0.29) is 17.9 Å². The van der Waals surface area contributed by atoms with Crippen molar-refractivity contribution in [2.24, 2.45) is 7.05 Å². The highest BCUT2D eigenvalue weighted by molar-refractivity contribution is 5.94. The van der Waals surface area contributed by atoms with Crippen molar-refractivity contribution in [3.05, 3.63) is 54.0 Å². The van der Waals surface area contributed by atoms with Gasteiger partial charge in [-0.3, -0.25) is 14.3 Å². The first-order valence-electron chi connectivity index (χ1n) is 14.5. The number of pyridine rings is 1. The maximum atomic E-state index is 13.5. The van der Waals surface area contributed by atoms with Crippen LogP contribution in [0.4, 0.5) is 19.0 Å². The topological polar surface area (TPSA) is 76.3 Å². The van der Waals surface area contributed by atoms with Crippen molar-refractivity contribution in [2.75, 3.05) is 45.6 Å². The summed E-state index contributed by atoms with van der Waals surface area (Å²) in [6.07, 6.45) is 0.919. The average Bonchev–Trinajstić information content (AvgIpc) is 3.55. The van der Waals surface area contributed by atoms with Crippen LogP contribution < -0.4 is 10.1 Å².